The SMILES string of the molecule is C/C=C\C(=NCC)C(O)O.C1CCNCC1.CCC.CCNC.NC(O)C1=NCCC=C1.[HH]. The molecule has 2 aliphatic rings. The number of allylic oxidation sites excluding steroid dienone is 1. The standard InChI is InChI=1S/C7H13NO2.C6H10N2O.C5H11N.C3H9N.C3H8.H2/c1-3-5-6(7(9)10)8-4-2;7-6(9)5-3-1-2-4-8-5;1-2-4-6-5-3-1;1-3-4-2;1-3-2;/h3,5,7,9-10H,4H2,1-2H3;1,3,6,9H,2,4,7H2;6H,1-5H2;4H,3H2,1-2H3;3H2,1-2H3;1H/b5-3-,8-6?;;;;;. The fraction of sp³-hybridized carbons (Fsp3) is 0.750. The number of hydrogen-bond acceptors (Lipinski definition) is 8. The Morgan fingerprint density at radius 3 is 2.00 bits per heavy atom. The molecule has 0 bridgehead atoms. The summed E-state index contributed by atoms with van der Waals surface area (Å²) in [4.78, 5) is 7.83. The Bertz CT molecular complexity index is 479. The highest BCUT2D eigenvalue weighted by atomic mass is 16.5. The first kappa shape index (κ1) is 35.2. The van der Waals surface area contributed by atoms with Crippen LogP contribution in [0.1, 0.15) is 68.1 Å². The van der Waals surface area contributed by atoms with Gasteiger partial charge in [-0.25, -0.2) is 0 Å². The van der Waals surface area contributed by atoms with Crippen LogP contribution in [0.25, 0.3) is 0 Å². The Kier molecular flexibility index (Phi) is 32.5. The van der Waals surface area contributed by atoms with Crippen LogP contribution in [0.2, 0.25) is 0 Å². The van der Waals surface area contributed by atoms with Gasteiger partial charge < -0.3 is 31.7 Å². The first-order valence-corrected chi connectivity index (χ1v) is 11.9. The van der Waals surface area contributed by atoms with Crippen molar-refractivity contribution in [1.82, 2.24) is 10.6 Å². The van der Waals surface area contributed by atoms with E-state index in [1.807, 2.05) is 20.0 Å². The fourth-order valence-electron chi connectivity index (χ4n) is 2.09. The molecule has 2 heterocycles. The lowest BCUT2D eigenvalue weighted by atomic mass is 10.2. The highest BCUT2D eigenvalue weighted by Crippen LogP contribution is 1.97. The molecule has 8 heteroatoms. The van der Waals surface area contributed by atoms with Gasteiger partial charge in [0.2, 0.25) is 0 Å². The van der Waals surface area contributed by atoms with Gasteiger partial charge in [-0.05, 0) is 71.9 Å². The van der Waals surface area contributed by atoms with Crippen molar-refractivity contribution in [3.05, 3.63) is 24.3 Å². The maximum Gasteiger partial charge on any atom is 0.195 e. The minimum atomic E-state index is -1.45. The van der Waals surface area contributed by atoms with Crippen molar-refractivity contribution in [3.63, 3.8) is 0 Å². The average Bonchev–Trinajstić information content (AvgIpc) is 2.82. The lowest BCUT2D eigenvalue weighted by Gasteiger charge is -2.08. The number of nitrogens with zero attached hydrogens (tertiary/aromatic N) is 2. The summed E-state index contributed by atoms with van der Waals surface area (Å²) in [5.41, 5.74) is 6.04. The molecule has 1 unspecified atom stereocenters. The summed E-state index contributed by atoms with van der Waals surface area (Å²) in [6.07, 6.45) is 11.1. The maximum absolute atomic E-state index is 8.77. The molecule has 0 aromatic rings. The Morgan fingerprint density at radius 1 is 1.22 bits per heavy atom. The molecule has 1 atom stereocenters. The number of nitrogens with one attached hydrogen (secondary N) is 2. The average molecular weight is 460 g/mol. The summed E-state index contributed by atoms with van der Waals surface area (Å²) in [6.45, 7) is 14.8. The van der Waals surface area contributed by atoms with Crippen LogP contribution in [0, 0.1) is 0 Å². The molecule has 0 aliphatic carbocycles. The number of aliphatic imine (C=N–C) groups is 2. The molecule has 8 nitrogen and oxygen atoms in total. The second-order valence-corrected chi connectivity index (χ2v) is 6.94. The molecule has 0 spiro atoms. The largest absolute Gasteiger partial charge is 0.373 e. The van der Waals surface area contributed by atoms with E-state index < -0.39 is 12.5 Å². The van der Waals surface area contributed by atoms with Crippen LogP contribution in [-0.2, 0) is 0 Å². The Balaban J connectivity index is -0.000000168. The van der Waals surface area contributed by atoms with Crippen LogP contribution in [0.4, 0.5) is 0 Å². The summed E-state index contributed by atoms with van der Waals surface area (Å²) >= 11 is 0. The number of piperidine rings is 1. The third kappa shape index (κ3) is 28.6. The molecule has 0 aromatic heterocycles. The molecule has 7 N–H and O–H groups in total. The molecule has 1 saturated heterocycles. The van der Waals surface area contributed by atoms with Crippen molar-refractivity contribution in [2.24, 2.45) is 15.7 Å². The normalized spacial score (nSPS) is 16.2. The summed E-state index contributed by atoms with van der Waals surface area (Å²) in [5, 5.41) is 32.3. The van der Waals surface area contributed by atoms with Crippen molar-refractivity contribution in [1.29, 1.82) is 0 Å². The molecule has 0 radical (unpaired) electrons. The van der Waals surface area contributed by atoms with Gasteiger partial charge in [-0.3, -0.25) is 9.98 Å². The minimum absolute atomic E-state index is 0. The van der Waals surface area contributed by atoms with E-state index in [0.717, 1.165) is 19.5 Å². The number of rotatable bonds is 5. The number of dihydropyridines is 1. The number of nitrogens with two attached hydrogens (primary N) is 1. The number of hydrogen-bond donors (Lipinski definition) is 6. The summed E-state index contributed by atoms with van der Waals surface area (Å²) in [7, 11) is 1.93. The molecule has 32 heavy (non-hydrogen) atoms. The monoisotopic (exact) mass is 459 g/mol. The van der Waals surface area contributed by atoms with Crippen molar-refractivity contribution in [2.45, 2.75) is 79.2 Å². The maximum atomic E-state index is 8.77. The fourth-order valence-corrected chi connectivity index (χ4v) is 2.09. The lowest BCUT2D eigenvalue weighted by Crippen LogP contribution is -2.29. The number of aliphatic hydroxyl groups is 3. The van der Waals surface area contributed by atoms with Crippen LogP contribution in [0.5, 0.6) is 0 Å². The Morgan fingerprint density at radius 2 is 1.78 bits per heavy atom. The highest BCUT2D eigenvalue weighted by molar-refractivity contribution is 5.98. The highest BCUT2D eigenvalue weighted by Gasteiger charge is 2.04. The Hall–Kier alpha value is -1.42. The van der Waals surface area contributed by atoms with Gasteiger partial charge in [-0.2, -0.15) is 0 Å². The van der Waals surface area contributed by atoms with Gasteiger partial charge in [0.15, 0.2) is 6.29 Å². The van der Waals surface area contributed by atoms with Crippen LogP contribution in [-0.4, -0.2) is 79.0 Å². The Labute approximate surface area is 198 Å². The van der Waals surface area contributed by atoms with Gasteiger partial charge in [-0.1, -0.05) is 45.8 Å². The van der Waals surface area contributed by atoms with Crippen LogP contribution in [0.3, 0.4) is 0 Å². The number of aliphatic hydroxyl groups excluding tert-OH is 2. The van der Waals surface area contributed by atoms with Crippen molar-refractivity contribution >= 4 is 11.4 Å². The second-order valence-electron chi connectivity index (χ2n) is 6.94. The van der Waals surface area contributed by atoms with Crippen LogP contribution < -0.4 is 16.4 Å². The second kappa shape index (κ2) is 29.6. The van der Waals surface area contributed by atoms with E-state index in [2.05, 4.69) is 41.4 Å². The lowest BCUT2D eigenvalue weighted by molar-refractivity contribution is 0.0203. The molecule has 1 fully saturated rings. The first-order chi connectivity index (χ1) is 15.4. The van der Waals surface area contributed by atoms with Crippen LogP contribution >= 0.6 is 0 Å². The molecule has 192 valence electrons. The first-order valence-electron chi connectivity index (χ1n) is 11.9. The van der Waals surface area contributed by atoms with E-state index in [9.17, 15) is 0 Å². The quantitative estimate of drug-likeness (QED) is 0.276. The van der Waals surface area contributed by atoms with E-state index in [4.69, 9.17) is 21.1 Å². The summed E-state index contributed by atoms with van der Waals surface area (Å²) in [5.74, 6) is 0. The molecular formula is C24H53N5O3. The van der Waals surface area contributed by atoms with Crippen LogP contribution in [0.15, 0.2) is 34.3 Å². The minimum Gasteiger partial charge on any atom is -0.373 e. The molecule has 2 aliphatic heterocycles. The molecule has 0 aromatic carbocycles. The predicted molar refractivity (Wildman–Crippen MR) is 142 cm³/mol. The predicted octanol–water partition coefficient (Wildman–Crippen LogP) is 2.65. The van der Waals surface area contributed by atoms with Gasteiger partial charge in [0.1, 0.15) is 6.23 Å². The van der Waals surface area contributed by atoms with Crippen molar-refractivity contribution in [2.75, 3.05) is 39.8 Å². The van der Waals surface area contributed by atoms with E-state index >= 15 is 0 Å². The summed E-state index contributed by atoms with van der Waals surface area (Å²) < 4.78 is 0. The molecule has 2 rings (SSSR count). The molecular weight excluding hydrogens is 406 g/mol. The van der Waals surface area contributed by atoms with E-state index in [-0.39, 0.29) is 1.43 Å². The van der Waals surface area contributed by atoms with Crippen molar-refractivity contribution in [3.8, 4) is 0 Å². The smallest absolute Gasteiger partial charge is 0.195 e. The van der Waals surface area contributed by atoms with E-state index in [0.29, 0.717) is 18.0 Å². The topological polar surface area (TPSA) is 135 Å². The van der Waals surface area contributed by atoms with E-state index in [1.54, 1.807) is 25.2 Å². The summed E-state index contributed by atoms with van der Waals surface area (Å²) in [6, 6.07) is 0. The van der Waals surface area contributed by atoms with Crippen molar-refractivity contribution < 1.29 is 16.7 Å². The zero-order valence-corrected chi connectivity index (χ0v) is 21.3. The third-order valence-corrected chi connectivity index (χ3v) is 3.69. The zero-order valence-electron chi connectivity index (χ0n) is 21.3. The van der Waals surface area contributed by atoms with Gasteiger partial charge in [-0.15, -0.1) is 0 Å². The van der Waals surface area contributed by atoms with E-state index in [1.165, 1.54) is 38.8 Å². The third-order valence-electron chi connectivity index (χ3n) is 3.69. The van der Waals surface area contributed by atoms with Gasteiger partial charge in [0.25, 0.3) is 0 Å². The molecule has 0 amide bonds. The molecule has 0 saturated carbocycles. The van der Waals surface area contributed by atoms with Gasteiger partial charge in [0, 0.05) is 14.5 Å². The van der Waals surface area contributed by atoms with Gasteiger partial charge in [0.05, 0.1) is 11.4 Å². The van der Waals surface area contributed by atoms with Gasteiger partial charge >= 0.3 is 0 Å². The zero-order chi connectivity index (χ0) is 25.0.